The lowest BCUT2D eigenvalue weighted by Crippen LogP contribution is -2.50. The lowest BCUT2D eigenvalue weighted by molar-refractivity contribution is 0.0599. The Labute approximate surface area is 161 Å². The first-order valence-corrected chi connectivity index (χ1v) is 9.67. The van der Waals surface area contributed by atoms with Crippen LogP contribution in [0.4, 0.5) is 8.78 Å². The Balaban J connectivity index is 1.83. The monoisotopic (exact) mass is 395 g/mol. The maximum absolute atomic E-state index is 14.3. The van der Waals surface area contributed by atoms with E-state index >= 15 is 0 Å². The van der Waals surface area contributed by atoms with Gasteiger partial charge in [0.1, 0.15) is 15.7 Å². The molecule has 146 valence electrons. The Morgan fingerprint density at radius 2 is 1.85 bits per heavy atom. The topological polar surface area (TPSA) is 45.7 Å². The zero-order chi connectivity index (χ0) is 19.7. The summed E-state index contributed by atoms with van der Waals surface area (Å²) in [5.74, 6) is -1.57. The van der Waals surface area contributed by atoms with E-state index in [0.29, 0.717) is 29.7 Å². The first-order chi connectivity index (χ1) is 12.8. The lowest BCUT2D eigenvalue weighted by atomic mass is 10.2. The average Bonchev–Trinajstić information content (AvgIpc) is 3.04. The third-order valence-electron chi connectivity index (χ3n) is 4.79. The number of hydrogen-bond donors (Lipinski definition) is 0. The summed E-state index contributed by atoms with van der Waals surface area (Å²) in [5.41, 5.74) is 0.562. The molecule has 1 amide bonds. The SMILES string of the molecule is COc1cc(F)c(-c2nc(C)c(C(=O)N3CCN(C(C)C)CC3)s2)cc1F. The van der Waals surface area contributed by atoms with Gasteiger partial charge in [-0.25, -0.2) is 13.8 Å². The van der Waals surface area contributed by atoms with Gasteiger partial charge in [-0.15, -0.1) is 11.3 Å². The highest BCUT2D eigenvalue weighted by Gasteiger charge is 2.27. The van der Waals surface area contributed by atoms with E-state index < -0.39 is 11.6 Å². The van der Waals surface area contributed by atoms with Crippen molar-refractivity contribution >= 4 is 17.2 Å². The van der Waals surface area contributed by atoms with Crippen molar-refractivity contribution in [2.75, 3.05) is 33.3 Å². The molecule has 1 aliphatic rings. The van der Waals surface area contributed by atoms with Crippen molar-refractivity contribution in [3.8, 4) is 16.3 Å². The summed E-state index contributed by atoms with van der Waals surface area (Å²) in [6.45, 7) is 8.94. The first kappa shape index (κ1) is 19.7. The van der Waals surface area contributed by atoms with Crippen LogP contribution in [0.15, 0.2) is 12.1 Å². The molecule has 0 bridgehead atoms. The highest BCUT2D eigenvalue weighted by atomic mass is 32.1. The molecule has 0 aliphatic carbocycles. The van der Waals surface area contributed by atoms with Crippen molar-refractivity contribution in [1.82, 2.24) is 14.8 Å². The van der Waals surface area contributed by atoms with Gasteiger partial charge in [0.05, 0.1) is 12.8 Å². The van der Waals surface area contributed by atoms with Crippen LogP contribution in [-0.4, -0.2) is 60.0 Å². The zero-order valence-corrected chi connectivity index (χ0v) is 16.7. The smallest absolute Gasteiger partial charge is 0.265 e. The Hall–Kier alpha value is -2.06. The van der Waals surface area contributed by atoms with Crippen LogP contribution in [0.3, 0.4) is 0 Å². The number of aryl methyl sites for hydroxylation is 1. The van der Waals surface area contributed by atoms with Crippen LogP contribution in [0, 0.1) is 18.6 Å². The second-order valence-corrected chi connectivity index (χ2v) is 7.82. The molecule has 0 radical (unpaired) electrons. The summed E-state index contributed by atoms with van der Waals surface area (Å²) in [4.78, 5) is 21.8. The van der Waals surface area contributed by atoms with E-state index in [1.54, 1.807) is 11.8 Å². The van der Waals surface area contributed by atoms with E-state index in [2.05, 4.69) is 23.7 Å². The fourth-order valence-corrected chi connectivity index (χ4v) is 4.20. The van der Waals surface area contributed by atoms with Crippen LogP contribution in [0.25, 0.3) is 10.6 Å². The number of carbonyl (C=O) groups excluding carboxylic acids is 1. The Bertz CT molecular complexity index is 846. The number of ether oxygens (including phenoxy) is 1. The van der Waals surface area contributed by atoms with Gasteiger partial charge in [-0.05, 0) is 26.8 Å². The quantitative estimate of drug-likeness (QED) is 0.794. The van der Waals surface area contributed by atoms with Gasteiger partial charge in [-0.1, -0.05) is 0 Å². The minimum Gasteiger partial charge on any atom is -0.494 e. The number of nitrogens with zero attached hydrogens (tertiary/aromatic N) is 3. The maximum Gasteiger partial charge on any atom is 0.265 e. The molecule has 8 heteroatoms. The molecule has 0 atom stereocenters. The molecule has 0 unspecified atom stereocenters. The van der Waals surface area contributed by atoms with Crippen molar-refractivity contribution < 1.29 is 18.3 Å². The average molecular weight is 395 g/mol. The third-order valence-corrected chi connectivity index (χ3v) is 5.97. The molecule has 1 saturated heterocycles. The summed E-state index contributed by atoms with van der Waals surface area (Å²) < 4.78 is 33.1. The number of halogens is 2. The van der Waals surface area contributed by atoms with Crippen LogP contribution in [0.1, 0.15) is 29.2 Å². The fraction of sp³-hybridized carbons (Fsp3) is 0.474. The predicted molar refractivity (Wildman–Crippen MR) is 101 cm³/mol. The van der Waals surface area contributed by atoms with Gasteiger partial charge in [0.25, 0.3) is 5.91 Å². The van der Waals surface area contributed by atoms with Crippen molar-refractivity contribution in [3.63, 3.8) is 0 Å². The van der Waals surface area contributed by atoms with Crippen LogP contribution < -0.4 is 4.74 Å². The molecule has 1 aromatic heterocycles. The molecule has 0 N–H and O–H groups in total. The number of aromatic nitrogens is 1. The molecule has 0 saturated carbocycles. The molecule has 5 nitrogen and oxygen atoms in total. The zero-order valence-electron chi connectivity index (χ0n) is 15.9. The van der Waals surface area contributed by atoms with Gasteiger partial charge in [0.15, 0.2) is 11.6 Å². The first-order valence-electron chi connectivity index (χ1n) is 8.86. The summed E-state index contributed by atoms with van der Waals surface area (Å²) in [5, 5.41) is 0.288. The standard InChI is InChI=1S/C19H23F2N3O2S/c1-11(2)23-5-7-24(8-6-23)19(25)17-12(3)22-18(27-17)13-9-15(21)16(26-4)10-14(13)20/h9-11H,5-8H2,1-4H3. The van der Waals surface area contributed by atoms with Crippen molar-refractivity contribution in [2.45, 2.75) is 26.8 Å². The number of hydrogen-bond acceptors (Lipinski definition) is 5. The number of piperazine rings is 1. The minimum atomic E-state index is -0.667. The molecular weight excluding hydrogens is 372 g/mol. The number of carbonyl (C=O) groups is 1. The van der Waals surface area contributed by atoms with Crippen molar-refractivity contribution in [2.24, 2.45) is 0 Å². The van der Waals surface area contributed by atoms with E-state index in [1.807, 2.05) is 0 Å². The molecule has 3 rings (SSSR count). The number of benzene rings is 1. The van der Waals surface area contributed by atoms with E-state index in [-0.39, 0.29) is 22.2 Å². The predicted octanol–water partition coefficient (Wildman–Crippen LogP) is 3.57. The van der Waals surface area contributed by atoms with Crippen LogP contribution in [0.5, 0.6) is 5.75 Å². The molecule has 27 heavy (non-hydrogen) atoms. The molecule has 2 aromatic rings. The second-order valence-electron chi connectivity index (χ2n) is 6.82. The van der Waals surface area contributed by atoms with E-state index in [1.165, 1.54) is 7.11 Å². The molecule has 1 aliphatic heterocycles. The van der Waals surface area contributed by atoms with Gasteiger partial charge < -0.3 is 9.64 Å². The number of thiazole rings is 1. The third kappa shape index (κ3) is 3.96. The van der Waals surface area contributed by atoms with E-state index in [0.717, 1.165) is 36.6 Å². The summed E-state index contributed by atoms with van der Waals surface area (Å²) in [6.07, 6.45) is 0. The van der Waals surface area contributed by atoms with Gasteiger partial charge in [-0.2, -0.15) is 0 Å². The number of rotatable bonds is 4. The Morgan fingerprint density at radius 1 is 1.19 bits per heavy atom. The number of amides is 1. The van der Waals surface area contributed by atoms with Crippen molar-refractivity contribution in [1.29, 1.82) is 0 Å². The largest absolute Gasteiger partial charge is 0.494 e. The van der Waals surface area contributed by atoms with E-state index in [9.17, 15) is 13.6 Å². The van der Waals surface area contributed by atoms with Crippen LogP contribution >= 0.6 is 11.3 Å². The minimum absolute atomic E-state index is 0.0325. The molecular formula is C19H23F2N3O2S. The second kappa shape index (κ2) is 7.90. The highest BCUT2D eigenvalue weighted by molar-refractivity contribution is 7.17. The summed E-state index contributed by atoms with van der Waals surface area (Å²) in [6, 6.07) is 2.50. The number of methoxy groups -OCH3 is 1. The fourth-order valence-electron chi connectivity index (χ4n) is 3.14. The van der Waals surface area contributed by atoms with Gasteiger partial charge in [0, 0.05) is 43.9 Å². The molecule has 1 aromatic carbocycles. The Kier molecular flexibility index (Phi) is 5.76. The molecule has 0 spiro atoms. The van der Waals surface area contributed by atoms with Gasteiger partial charge >= 0.3 is 0 Å². The highest BCUT2D eigenvalue weighted by Crippen LogP contribution is 2.33. The summed E-state index contributed by atoms with van der Waals surface area (Å²) in [7, 11) is 1.28. The van der Waals surface area contributed by atoms with E-state index in [4.69, 9.17) is 4.74 Å². The van der Waals surface area contributed by atoms with Crippen LogP contribution in [0.2, 0.25) is 0 Å². The van der Waals surface area contributed by atoms with Crippen LogP contribution in [-0.2, 0) is 0 Å². The molecule has 1 fully saturated rings. The normalized spacial score (nSPS) is 15.4. The van der Waals surface area contributed by atoms with Gasteiger partial charge in [-0.3, -0.25) is 9.69 Å². The lowest BCUT2D eigenvalue weighted by Gasteiger charge is -2.36. The molecule has 2 heterocycles. The summed E-state index contributed by atoms with van der Waals surface area (Å²) >= 11 is 1.09. The Morgan fingerprint density at radius 3 is 2.44 bits per heavy atom. The van der Waals surface area contributed by atoms with Gasteiger partial charge in [0.2, 0.25) is 0 Å². The van der Waals surface area contributed by atoms with Crippen molar-refractivity contribution in [3.05, 3.63) is 34.3 Å². The maximum atomic E-state index is 14.3.